The minimum absolute atomic E-state index is 0.241. The topological polar surface area (TPSA) is 113 Å². The molecule has 1 amide bonds. The minimum Gasteiger partial charge on any atom is -0.455 e. The predicted molar refractivity (Wildman–Crippen MR) is 137 cm³/mol. The Kier molecular flexibility index (Phi) is 5.81. The van der Waals surface area contributed by atoms with Crippen molar-refractivity contribution in [3.63, 3.8) is 0 Å². The van der Waals surface area contributed by atoms with Crippen molar-refractivity contribution in [2.75, 3.05) is 7.05 Å². The Morgan fingerprint density at radius 3 is 2.53 bits per heavy atom. The van der Waals surface area contributed by atoms with E-state index < -0.39 is 18.8 Å². The number of fused-ring (bicyclic) bond motifs is 1. The summed E-state index contributed by atoms with van der Waals surface area (Å²) in [5, 5.41) is 26.3. The van der Waals surface area contributed by atoms with E-state index in [4.69, 9.17) is 4.42 Å². The number of rotatable bonds is 6. The lowest BCUT2D eigenvalue weighted by molar-refractivity contribution is 0.0964. The van der Waals surface area contributed by atoms with Crippen molar-refractivity contribution in [3.8, 4) is 28.4 Å². The predicted octanol–water partition coefficient (Wildman–Crippen LogP) is 3.54. The van der Waals surface area contributed by atoms with Gasteiger partial charge in [-0.05, 0) is 72.9 Å². The molecule has 0 spiro atoms. The maximum Gasteiger partial charge on any atom is 0.491 e. The van der Waals surface area contributed by atoms with Crippen molar-refractivity contribution >= 4 is 29.5 Å². The molecule has 0 bridgehead atoms. The second kappa shape index (κ2) is 9.19. The number of nitrogens with zero attached hydrogens (tertiary/aromatic N) is 3. The molecule has 1 aliphatic carbocycles. The Morgan fingerprint density at radius 2 is 1.87 bits per heavy atom. The van der Waals surface area contributed by atoms with E-state index in [1.165, 1.54) is 42.3 Å². The van der Waals surface area contributed by atoms with E-state index in [-0.39, 0.29) is 17.3 Å². The van der Waals surface area contributed by atoms with Gasteiger partial charge in [0.2, 0.25) is 0 Å². The van der Waals surface area contributed by atoms with Gasteiger partial charge in [-0.15, -0.1) is 0 Å². The van der Waals surface area contributed by atoms with Gasteiger partial charge < -0.3 is 19.8 Å². The Morgan fingerprint density at radius 1 is 1.11 bits per heavy atom. The third kappa shape index (κ3) is 4.05. The van der Waals surface area contributed by atoms with E-state index in [0.29, 0.717) is 44.9 Å². The summed E-state index contributed by atoms with van der Waals surface area (Å²) in [7, 11) is -0.402. The lowest BCUT2D eigenvalue weighted by Gasteiger charge is -2.12. The molecule has 0 saturated heterocycles. The van der Waals surface area contributed by atoms with Crippen LogP contribution in [-0.4, -0.2) is 44.9 Å². The number of carbonyl (C=O) groups is 1. The number of carbonyl (C=O) groups excluding carboxylic acids is 1. The molecule has 2 heterocycles. The normalized spacial score (nSPS) is 13.2. The van der Waals surface area contributed by atoms with Crippen molar-refractivity contribution in [2.24, 2.45) is 0 Å². The molecule has 5 aromatic rings. The summed E-state index contributed by atoms with van der Waals surface area (Å²) in [6, 6.07) is 13.4. The molecule has 1 saturated carbocycles. The van der Waals surface area contributed by atoms with Crippen LogP contribution in [0.15, 0.2) is 65.3 Å². The zero-order chi connectivity index (χ0) is 26.6. The standard InChI is InChI=1S/C27H21BF2N4O4/c1-31-27(35)24-20-11-18(14-2-3-14)19(12-23(20)38-25(24)15-4-6-16(29)7-5-15)26-32-13-33-34(26)17-8-9-21(28(36)37)22(30)10-17/h4-14,36-37H,2-3H2,1H3,(H,31,35). The molecule has 1 fully saturated rings. The summed E-state index contributed by atoms with van der Waals surface area (Å²) >= 11 is 0. The van der Waals surface area contributed by atoms with E-state index in [9.17, 15) is 23.6 Å². The molecule has 3 N–H and O–H groups in total. The van der Waals surface area contributed by atoms with E-state index in [1.807, 2.05) is 6.07 Å². The average molecular weight is 514 g/mol. The van der Waals surface area contributed by atoms with Crippen LogP contribution in [0.5, 0.6) is 0 Å². The number of benzene rings is 3. The van der Waals surface area contributed by atoms with Gasteiger partial charge in [-0.25, -0.2) is 18.4 Å². The Labute approximate surface area is 215 Å². The highest BCUT2D eigenvalue weighted by atomic mass is 19.1. The number of halogens is 2. The highest BCUT2D eigenvalue weighted by Gasteiger charge is 2.31. The molecule has 1 aliphatic rings. The molecule has 2 aromatic heterocycles. The van der Waals surface area contributed by atoms with Crippen LogP contribution < -0.4 is 10.8 Å². The van der Waals surface area contributed by atoms with E-state index in [0.717, 1.165) is 24.5 Å². The first kappa shape index (κ1) is 24.0. The third-order valence-corrected chi connectivity index (χ3v) is 6.73. The highest BCUT2D eigenvalue weighted by molar-refractivity contribution is 6.58. The number of hydrogen-bond donors (Lipinski definition) is 3. The summed E-state index contributed by atoms with van der Waals surface area (Å²) in [5.41, 5.74) is 3.10. The molecule has 0 radical (unpaired) electrons. The summed E-state index contributed by atoms with van der Waals surface area (Å²) in [5.74, 6) is -0.525. The first-order valence-electron chi connectivity index (χ1n) is 12.0. The van der Waals surface area contributed by atoms with Crippen LogP contribution in [0.2, 0.25) is 0 Å². The van der Waals surface area contributed by atoms with Gasteiger partial charge >= 0.3 is 7.12 Å². The second-order valence-electron chi connectivity index (χ2n) is 9.18. The van der Waals surface area contributed by atoms with Gasteiger partial charge in [0.15, 0.2) is 5.82 Å². The first-order valence-corrected chi connectivity index (χ1v) is 12.0. The number of hydrogen-bond acceptors (Lipinski definition) is 6. The molecule has 190 valence electrons. The second-order valence-corrected chi connectivity index (χ2v) is 9.18. The average Bonchev–Trinajstić information content (AvgIpc) is 3.51. The van der Waals surface area contributed by atoms with E-state index >= 15 is 0 Å². The number of furan rings is 1. The van der Waals surface area contributed by atoms with Gasteiger partial charge in [0.25, 0.3) is 5.91 Å². The molecule has 0 unspecified atom stereocenters. The van der Waals surface area contributed by atoms with Crippen molar-refractivity contribution in [2.45, 2.75) is 18.8 Å². The van der Waals surface area contributed by atoms with Crippen LogP contribution in [0.4, 0.5) is 8.78 Å². The minimum atomic E-state index is -1.94. The maximum absolute atomic E-state index is 14.5. The van der Waals surface area contributed by atoms with Gasteiger partial charge in [-0.2, -0.15) is 5.10 Å². The SMILES string of the molecule is CNC(=O)c1c(-c2ccc(F)cc2)oc2cc(-c3ncnn3-c3ccc(B(O)O)c(F)c3)c(C3CC3)cc12. The van der Waals surface area contributed by atoms with Crippen molar-refractivity contribution in [3.05, 3.63) is 83.7 Å². The molecule has 38 heavy (non-hydrogen) atoms. The zero-order valence-electron chi connectivity index (χ0n) is 20.2. The number of nitrogens with one attached hydrogen (secondary N) is 1. The fourth-order valence-electron chi connectivity index (χ4n) is 4.71. The van der Waals surface area contributed by atoms with Gasteiger partial charge in [-0.1, -0.05) is 6.07 Å². The van der Waals surface area contributed by atoms with Crippen LogP contribution >= 0.6 is 0 Å². The Balaban J connectivity index is 1.55. The number of amides is 1. The smallest absolute Gasteiger partial charge is 0.455 e. The summed E-state index contributed by atoms with van der Waals surface area (Å²) in [6.45, 7) is 0. The lowest BCUT2D eigenvalue weighted by atomic mass is 9.80. The maximum atomic E-state index is 14.5. The first-order chi connectivity index (χ1) is 18.4. The highest BCUT2D eigenvalue weighted by Crippen LogP contribution is 2.47. The van der Waals surface area contributed by atoms with Gasteiger partial charge in [0.05, 0.1) is 11.3 Å². The molecular weight excluding hydrogens is 493 g/mol. The quantitative estimate of drug-likeness (QED) is 0.299. The molecule has 11 heteroatoms. The summed E-state index contributed by atoms with van der Waals surface area (Å²) in [6.07, 6.45) is 3.27. The van der Waals surface area contributed by atoms with E-state index in [1.54, 1.807) is 18.2 Å². The fourth-order valence-corrected chi connectivity index (χ4v) is 4.71. The summed E-state index contributed by atoms with van der Waals surface area (Å²) < 4.78 is 35.8. The van der Waals surface area contributed by atoms with Gasteiger partial charge in [0, 0.05) is 29.0 Å². The zero-order valence-corrected chi connectivity index (χ0v) is 20.2. The van der Waals surface area contributed by atoms with Crippen LogP contribution in [0.1, 0.15) is 34.7 Å². The molecule has 0 aliphatic heterocycles. The van der Waals surface area contributed by atoms with E-state index in [2.05, 4.69) is 15.4 Å². The van der Waals surface area contributed by atoms with Gasteiger partial charge in [0.1, 0.15) is 29.3 Å². The Bertz CT molecular complexity index is 1690. The number of aromatic nitrogens is 3. The molecule has 3 aromatic carbocycles. The van der Waals surface area contributed by atoms with Crippen molar-refractivity contribution in [1.82, 2.24) is 20.1 Å². The molecule has 6 rings (SSSR count). The molecular formula is C27H21BF2N4O4. The van der Waals surface area contributed by atoms with Crippen LogP contribution in [0, 0.1) is 11.6 Å². The fraction of sp³-hybridized carbons (Fsp3) is 0.148. The summed E-state index contributed by atoms with van der Waals surface area (Å²) in [4.78, 5) is 17.4. The third-order valence-electron chi connectivity index (χ3n) is 6.73. The van der Waals surface area contributed by atoms with Crippen molar-refractivity contribution in [1.29, 1.82) is 0 Å². The Hall–Kier alpha value is -4.35. The van der Waals surface area contributed by atoms with Crippen LogP contribution in [0.3, 0.4) is 0 Å². The monoisotopic (exact) mass is 514 g/mol. The van der Waals surface area contributed by atoms with Crippen LogP contribution in [-0.2, 0) is 0 Å². The lowest BCUT2D eigenvalue weighted by Crippen LogP contribution is -2.32. The van der Waals surface area contributed by atoms with Crippen molar-refractivity contribution < 1.29 is 28.0 Å². The largest absolute Gasteiger partial charge is 0.491 e. The molecule has 8 nitrogen and oxygen atoms in total. The van der Waals surface area contributed by atoms with Gasteiger partial charge in [-0.3, -0.25) is 4.79 Å². The molecule has 0 atom stereocenters. The van der Waals surface area contributed by atoms with Crippen LogP contribution in [0.25, 0.3) is 39.4 Å².